The number of nitrogens with one attached hydrogen (secondary N) is 1. The summed E-state index contributed by atoms with van der Waals surface area (Å²) in [5.74, 6) is 0. The van der Waals surface area contributed by atoms with Gasteiger partial charge in [0, 0.05) is 45.5 Å². The van der Waals surface area contributed by atoms with E-state index in [4.69, 9.17) is 28.2 Å². The minimum absolute atomic E-state index is 0.295. The number of hydrogen-bond acceptors (Lipinski definition) is 5. The van der Waals surface area contributed by atoms with Gasteiger partial charge >= 0.3 is 0 Å². The van der Waals surface area contributed by atoms with Crippen molar-refractivity contribution < 1.29 is 8.42 Å². The van der Waals surface area contributed by atoms with Crippen LogP contribution in [0.3, 0.4) is 0 Å². The minimum atomic E-state index is -3.61. The van der Waals surface area contributed by atoms with E-state index < -0.39 is 10.0 Å². The third-order valence-corrected chi connectivity index (χ3v) is 10.6. The maximum atomic E-state index is 13.5. The summed E-state index contributed by atoms with van der Waals surface area (Å²) in [6.45, 7) is 0.855. The second-order valence-corrected chi connectivity index (χ2v) is 13.6. The third kappa shape index (κ3) is 5.67. The van der Waals surface area contributed by atoms with E-state index in [1.54, 1.807) is 28.6 Å². The Hall–Kier alpha value is -2.81. The summed E-state index contributed by atoms with van der Waals surface area (Å²) in [6.07, 6.45) is 4.95. The molecular formula is C31H27Cl2N3O2S2. The normalized spacial score (nSPS) is 15.8. The van der Waals surface area contributed by atoms with Gasteiger partial charge in [-0.2, -0.15) is 4.31 Å². The maximum Gasteiger partial charge on any atom is 0.243 e. The molecule has 1 saturated heterocycles. The Morgan fingerprint density at radius 1 is 0.800 bits per heavy atom. The van der Waals surface area contributed by atoms with Crippen molar-refractivity contribution in [2.75, 3.05) is 17.8 Å². The van der Waals surface area contributed by atoms with Crippen molar-refractivity contribution in [2.45, 2.75) is 35.5 Å². The van der Waals surface area contributed by atoms with E-state index >= 15 is 0 Å². The van der Waals surface area contributed by atoms with Crippen LogP contribution in [0.2, 0.25) is 10.0 Å². The summed E-state index contributed by atoms with van der Waals surface area (Å²) < 4.78 is 31.9. The number of anilines is 1. The molecule has 4 aromatic rings. The van der Waals surface area contributed by atoms with E-state index in [1.165, 1.54) is 28.6 Å². The van der Waals surface area contributed by atoms with Gasteiger partial charge in [0.2, 0.25) is 10.0 Å². The topological polar surface area (TPSA) is 62.3 Å². The summed E-state index contributed by atoms with van der Waals surface area (Å²) in [7, 11) is -3.61. The number of aryl methyl sites for hydroxylation is 2. The molecule has 5 nitrogen and oxygen atoms in total. The highest BCUT2D eigenvalue weighted by Crippen LogP contribution is 2.39. The lowest BCUT2D eigenvalue weighted by atomic mass is 9.89. The van der Waals surface area contributed by atoms with Crippen LogP contribution in [0.5, 0.6) is 0 Å². The molecule has 204 valence electrons. The number of pyridine rings is 1. The van der Waals surface area contributed by atoms with E-state index in [2.05, 4.69) is 22.9 Å². The molecule has 2 heterocycles. The van der Waals surface area contributed by atoms with Gasteiger partial charge in [-0.25, -0.2) is 8.42 Å². The van der Waals surface area contributed by atoms with Crippen LogP contribution < -0.4 is 4.72 Å². The molecule has 3 aromatic carbocycles. The van der Waals surface area contributed by atoms with Crippen molar-refractivity contribution in [3.8, 4) is 0 Å². The van der Waals surface area contributed by atoms with Crippen LogP contribution in [0.4, 0.5) is 5.69 Å². The Kier molecular flexibility index (Phi) is 7.93. The van der Waals surface area contributed by atoms with Gasteiger partial charge < -0.3 is 4.72 Å². The molecule has 9 heteroatoms. The lowest BCUT2D eigenvalue weighted by molar-refractivity contribution is 0.387. The molecule has 1 N–H and O–H groups in total. The largest absolute Gasteiger partial charge is 0.326 e. The number of sulfonamides is 1. The first-order valence-electron chi connectivity index (χ1n) is 13.1. The number of aromatic nitrogens is 1. The Bertz CT molecular complexity index is 1700. The Balaban J connectivity index is 1.21. The second kappa shape index (κ2) is 11.6. The Labute approximate surface area is 249 Å². The van der Waals surface area contributed by atoms with Gasteiger partial charge in [0.1, 0.15) is 0 Å². The van der Waals surface area contributed by atoms with Gasteiger partial charge in [-0.15, -0.1) is 0 Å². The van der Waals surface area contributed by atoms with Gasteiger partial charge in [-0.1, -0.05) is 47.0 Å². The summed E-state index contributed by atoms with van der Waals surface area (Å²) in [4.78, 5) is 6.05. The molecule has 1 fully saturated rings. The minimum Gasteiger partial charge on any atom is -0.326 e. The summed E-state index contributed by atoms with van der Waals surface area (Å²) >= 11 is 13.8. The first-order valence-corrected chi connectivity index (χ1v) is 16.1. The zero-order valence-electron chi connectivity index (χ0n) is 21.6. The van der Waals surface area contributed by atoms with E-state index in [9.17, 15) is 8.42 Å². The quantitative estimate of drug-likeness (QED) is 0.234. The molecule has 1 aromatic heterocycles. The van der Waals surface area contributed by atoms with Gasteiger partial charge in [0.15, 0.2) is 0 Å². The molecule has 1 aliphatic heterocycles. The molecule has 0 spiro atoms. The second-order valence-electron chi connectivity index (χ2n) is 9.88. The van der Waals surface area contributed by atoms with Gasteiger partial charge in [0.05, 0.1) is 10.6 Å². The van der Waals surface area contributed by atoms with Crippen LogP contribution in [-0.4, -0.2) is 30.8 Å². The zero-order valence-corrected chi connectivity index (χ0v) is 24.8. The number of hydrogen-bond donors (Lipinski definition) is 1. The molecule has 40 heavy (non-hydrogen) atoms. The lowest BCUT2D eigenvalue weighted by Crippen LogP contribution is -2.36. The van der Waals surface area contributed by atoms with E-state index in [-0.39, 0.29) is 0 Å². The van der Waals surface area contributed by atoms with Crippen molar-refractivity contribution in [2.24, 2.45) is 0 Å². The fraction of sp³-hybridized carbons (Fsp3) is 0.194. The molecule has 0 bridgehead atoms. The Morgan fingerprint density at radius 3 is 2.33 bits per heavy atom. The molecule has 0 radical (unpaired) electrons. The third-order valence-electron chi connectivity index (χ3n) is 7.38. The van der Waals surface area contributed by atoms with Crippen LogP contribution in [0, 0.1) is 0 Å². The number of fused-ring (bicyclic) bond motifs is 2. The average molecular weight is 609 g/mol. The van der Waals surface area contributed by atoms with Crippen molar-refractivity contribution >= 4 is 56.4 Å². The van der Waals surface area contributed by atoms with E-state index in [0.29, 0.717) is 35.8 Å². The van der Waals surface area contributed by atoms with Crippen LogP contribution in [0.1, 0.15) is 35.2 Å². The van der Waals surface area contributed by atoms with Crippen LogP contribution >= 0.6 is 35.1 Å². The Morgan fingerprint density at radius 2 is 1.55 bits per heavy atom. The molecule has 2 aliphatic rings. The SMILES string of the molecule is O=S(=O)(c1ccc(NSc2cccc(Cl)c2)cc1)N1CCC(=C2c3ccc(Cl)cc3CCc3cccnc32)CC1. The standard InChI is InChI=1S/C31H27Cl2N3O2S2/c32-24-4-1-5-27(20-24)39-35-26-9-11-28(12-10-26)40(37,38)36-17-14-21(15-18-36)30-29-13-8-25(33)19-23(29)7-6-22-3-2-16-34-31(22)30/h1-5,8-13,16,19-20,35H,6-7,14-15,17-18H2. The highest BCUT2D eigenvalue weighted by Gasteiger charge is 2.30. The zero-order chi connectivity index (χ0) is 27.7. The van der Waals surface area contributed by atoms with Crippen molar-refractivity contribution in [3.05, 3.63) is 123 Å². The highest BCUT2D eigenvalue weighted by atomic mass is 35.5. The van der Waals surface area contributed by atoms with Crippen LogP contribution in [0.25, 0.3) is 5.57 Å². The van der Waals surface area contributed by atoms with E-state index in [0.717, 1.165) is 45.3 Å². The molecule has 0 saturated carbocycles. The van der Waals surface area contributed by atoms with Crippen molar-refractivity contribution in [1.29, 1.82) is 0 Å². The molecule has 0 amide bonds. The predicted octanol–water partition coefficient (Wildman–Crippen LogP) is 7.89. The predicted molar refractivity (Wildman–Crippen MR) is 164 cm³/mol. The molecule has 0 unspecified atom stereocenters. The lowest BCUT2D eigenvalue weighted by Gasteiger charge is -2.29. The van der Waals surface area contributed by atoms with Gasteiger partial charge in [-0.3, -0.25) is 4.98 Å². The fourth-order valence-electron chi connectivity index (χ4n) is 5.37. The summed E-state index contributed by atoms with van der Waals surface area (Å²) in [5.41, 5.74) is 7.80. The highest BCUT2D eigenvalue weighted by molar-refractivity contribution is 8.00. The number of halogens is 2. The number of nitrogens with zero attached hydrogens (tertiary/aromatic N) is 2. The maximum absolute atomic E-state index is 13.5. The van der Waals surface area contributed by atoms with Crippen molar-refractivity contribution in [3.63, 3.8) is 0 Å². The summed E-state index contributed by atoms with van der Waals surface area (Å²) in [6, 6.07) is 24.6. The fourth-order valence-corrected chi connectivity index (χ4v) is 7.97. The summed E-state index contributed by atoms with van der Waals surface area (Å²) in [5, 5.41) is 1.40. The van der Waals surface area contributed by atoms with Crippen LogP contribution in [0.15, 0.2) is 100 Å². The van der Waals surface area contributed by atoms with Crippen LogP contribution in [-0.2, 0) is 22.9 Å². The molecule has 1 aliphatic carbocycles. The smallest absolute Gasteiger partial charge is 0.243 e. The first-order chi connectivity index (χ1) is 19.4. The molecular weight excluding hydrogens is 581 g/mol. The number of piperidine rings is 1. The average Bonchev–Trinajstić information content (AvgIpc) is 3.13. The van der Waals surface area contributed by atoms with E-state index in [1.807, 2.05) is 42.6 Å². The van der Waals surface area contributed by atoms with Gasteiger partial charge in [0.25, 0.3) is 0 Å². The number of rotatable bonds is 5. The number of benzene rings is 3. The van der Waals surface area contributed by atoms with Gasteiger partial charge in [-0.05, 0) is 115 Å². The molecule has 6 rings (SSSR count). The molecule has 0 atom stereocenters. The monoisotopic (exact) mass is 607 g/mol. The first kappa shape index (κ1) is 27.4. The van der Waals surface area contributed by atoms with Crippen molar-refractivity contribution in [1.82, 2.24) is 9.29 Å².